The average Bonchev–Trinajstić information content (AvgIpc) is 2.55. The summed E-state index contributed by atoms with van der Waals surface area (Å²) in [6, 6.07) is 0. The fourth-order valence-corrected chi connectivity index (χ4v) is 1.71. The molecule has 0 aromatic heterocycles. The zero-order valence-corrected chi connectivity index (χ0v) is 7.33. The summed E-state index contributed by atoms with van der Waals surface area (Å²) in [7, 11) is 0. The zero-order chi connectivity index (χ0) is 9.64. The normalized spacial score (nSPS) is 51.4. The lowest BCUT2D eigenvalue weighted by molar-refractivity contribution is -0.305. The molecule has 2 heterocycles. The van der Waals surface area contributed by atoms with Gasteiger partial charge in [-0.1, -0.05) is 0 Å². The van der Waals surface area contributed by atoms with Gasteiger partial charge < -0.3 is 35.4 Å². The summed E-state index contributed by atoms with van der Waals surface area (Å²) in [4.78, 5) is 0. The first-order chi connectivity index (χ1) is 6.10. The molecule has 0 radical (unpaired) electrons. The van der Waals surface area contributed by atoms with E-state index in [9.17, 15) is 15.3 Å². The lowest BCUT2D eigenvalue weighted by atomic mass is 9.95. The van der Waals surface area contributed by atoms with Crippen LogP contribution in [0.5, 0.6) is 0 Å². The Morgan fingerprint density at radius 1 is 1.21 bits per heavy atom. The number of hydrogen-bond acceptors (Lipinski definition) is 6. The molecule has 0 spiro atoms. The molecule has 7 nitrogen and oxygen atoms in total. The highest BCUT2D eigenvalue weighted by atomic mass is 16.8. The van der Waals surface area contributed by atoms with Crippen molar-refractivity contribution < 1.29 is 35.4 Å². The highest BCUT2D eigenvalue weighted by Crippen LogP contribution is 2.36. The molecule has 84 valence electrons. The van der Waals surface area contributed by atoms with Crippen molar-refractivity contribution in [2.24, 2.45) is 0 Å². The molecule has 7 heteroatoms. The minimum absolute atomic E-state index is 0. The van der Waals surface area contributed by atoms with Gasteiger partial charge in [0, 0.05) is 0 Å². The van der Waals surface area contributed by atoms with Gasteiger partial charge in [0.1, 0.15) is 31.0 Å². The monoisotopic (exact) mass is 210 g/mol. The van der Waals surface area contributed by atoms with Crippen LogP contribution in [0, 0.1) is 0 Å². The van der Waals surface area contributed by atoms with Gasteiger partial charge in [0.25, 0.3) is 0 Å². The molecule has 2 bridgehead atoms. The molecule has 1 unspecified atom stereocenters. The summed E-state index contributed by atoms with van der Waals surface area (Å²) >= 11 is 0. The molecular formula is C7H14O7. The first-order valence-electron chi connectivity index (χ1n) is 4.07. The Kier molecular flexibility index (Phi) is 3.12. The van der Waals surface area contributed by atoms with E-state index in [2.05, 4.69) is 0 Å². The van der Waals surface area contributed by atoms with Crippen molar-refractivity contribution in [2.45, 2.75) is 30.2 Å². The largest absolute Gasteiger partial charge is 0.412 e. The Hall–Kier alpha value is -0.280. The number of fused-ring (bicyclic) bond motifs is 2. The van der Waals surface area contributed by atoms with Crippen molar-refractivity contribution in [3.63, 3.8) is 0 Å². The molecule has 0 amide bonds. The molecular weight excluding hydrogens is 196 g/mol. The van der Waals surface area contributed by atoms with Crippen molar-refractivity contribution in [3.05, 3.63) is 0 Å². The molecule has 5 atom stereocenters. The standard InChI is InChI=1S/C7H12O6.H2O/c8-2-7-6(11)5(10)4(9)3(13-7)1-12-7;/h3-6,8-11H,1-2H2;1H2/t3-,4-,5?,6+,7-;/m1./s1. The highest BCUT2D eigenvalue weighted by Gasteiger charge is 2.58. The van der Waals surface area contributed by atoms with Gasteiger partial charge in [-0.15, -0.1) is 0 Å². The molecule has 2 rings (SSSR count). The summed E-state index contributed by atoms with van der Waals surface area (Å²) < 4.78 is 10.1. The molecule has 6 N–H and O–H groups in total. The number of ether oxygens (including phenoxy) is 2. The van der Waals surface area contributed by atoms with Crippen molar-refractivity contribution in [1.29, 1.82) is 0 Å². The van der Waals surface area contributed by atoms with Gasteiger partial charge in [-0.25, -0.2) is 0 Å². The van der Waals surface area contributed by atoms with Crippen LogP contribution in [-0.4, -0.2) is 69.3 Å². The minimum atomic E-state index is -1.55. The molecule has 2 saturated heterocycles. The first kappa shape index (κ1) is 11.8. The lowest BCUT2D eigenvalue weighted by Gasteiger charge is -2.39. The number of aliphatic hydroxyl groups excluding tert-OH is 4. The van der Waals surface area contributed by atoms with Crippen LogP contribution in [0.25, 0.3) is 0 Å². The number of hydrogen-bond donors (Lipinski definition) is 4. The Bertz CT molecular complexity index is 210. The maximum atomic E-state index is 9.47. The predicted molar refractivity (Wildman–Crippen MR) is 42.3 cm³/mol. The Morgan fingerprint density at radius 3 is 2.43 bits per heavy atom. The fourth-order valence-electron chi connectivity index (χ4n) is 1.71. The third kappa shape index (κ3) is 1.34. The van der Waals surface area contributed by atoms with E-state index in [1.54, 1.807) is 0 Å². The SMILES string of the molecule is O.OC[C@@]12OC[C@@H](O1)[C@@H](O)C(O)[C@@H]2O. The van der Waals surface area contributed by atoms with E-state index in [0.29, 0.717) is 0 Å². The maximum Gasteiger partial charge on any atom is 0.221 e. The zero-order valence-electron chi connectivity index (χ0n) is 7.33. The van der Waals surface area contributed by atoms with Gasteiger partial charge in [-0.3, -0.25) is 0 Å². The van der Waals surface area contributed by atoms with Crippen molar-refractivity contribution in [3.8, 4) is 0 Å². The van der Waals surface area contributed by atoms with Gasteiger partial charge in [-0.2, -0.15) is 0 Å². The van der Waals surface area contributed by atoms with Crippen molar-refractivity contribution in [2.75, 3.05) is 13.2 Å². The third-order valence-electron chi connectivity index (χ3n) is 2.57. The van der Waals surface area contributed by atoms with Crippen molar-refractivity contribution >= 4 is 0 Å². The number of aliphatic hydroxyl groups is 4. The van der Waals surface area contributed by atoms with Gasteiger partial charge >= 0.3 is 0 Å². The quantitative estimate of drug-likeness (QED) is 0.353. The third-order valence-corrected chi connectivity index (χ3v) is 2.57. The van der Waals surface area contributed by atoms with E-state index < -0.39 is 36.8 Å². The summed E-state index contributed by atoms with van der Waals surface area (Å²) in [5, 5.41) is 37.1. The van der Waals surface area contributed by atoms with Crippen LogP contribution in [-0.2, 0) is 9.47 Å². The summed E-state index contributed by atoms with van der Waals surface area (Å²) in [5.41, 5.74) is 0. The molecule has 2 aliphatic heterocycles. The average molecular weight is 210 g/mol. The van der Waals surface area contributed by atoms with E-state index in [1.165, 1.54) is 0 Å². The van der Waals surface area contributed by atoms with Crippen LogP contribution in [0.3, 0.4) is 0 Å². The van der Waals surface area contributed by atoms with E-state index in [-0.39, 0.29) is 12.1 Å². The van der Waals surface area contributed by atoms with Gasteiger partial charge in [-0.05, 0) is 0 Å². The van der Waals surface area contributed by atoms with Crippen LogP contribution in [0.1, 0.15) is 0 Å². The second-order valence-electron chi connectivity index (χ2n) is 3.36. The molecule has 0 aromatic rings. The molecule has 0 saturated carbocycles. The van der Waals surface area contributed by atoms with Gasteiger partial charge in [0.15, 0.2) is 0 Å². The van der Waals surface area contributed by atoms with E-state index >= 15 is 0 Å². The lowest BCUT2D eigenvalue weighted by Crippen LogP contribution is -2.62. The van der Waals surface area contributed by atoms with Crippen LogP contribution < -0.4 is 0 Å². The second kappa shape index (κ2) is 3.70. The number of rotatable bonds is 1. The van der Waals surface area contributed by atoms with Gasteiger partial charge in [0.2, 0.25) is 5.79 Å². The molecule has 2 fully saturated rings. The van der Waals surface area contributed by atoms with Gasteiger partial charge in [0.05, 0.1) is 6.61 Å². The van der Waals surface area contributed by atoms with Crippen LogP contribution in [0.15, 0.2) is 0 Å². The second-order valence-corrected chi connectivity index (χ2v) is 3.36. The maximum absolute atomic E-state index is 9.47. The van der Waals surface area contributed by atoms with Crippen LogP contribution in [0.4, 0.5) is 0 Å². The summed E-state index contributed by atoms with van der Waals surface area (Å²) in [5.74, 6) is -1.55. The fraction of sp³-hybridized carbons (Fsp3) is 1.00. The topological polar surface area (TPSA) is 131 Å². The summed E-state index contributed by atoms with van der Waals surface area (Å²) in [6.07, 6.45) is -4.61. The van der Waals surface area contributed by atoms with E-state index in [4.69, 9.17) is 14.6 Å². The van der Waals surface area contributed by atoms with E-state index in [0.717, 1.165) is 0 Å². The molecule has 0 aromatic carbocycles. The van der Waals surface area contributed by atoms with E-state index in [1.807, 2.05) is 0 Å². The molecule has 14 heavy (non-hydrogen) atoms. The Morgan fingerprint density at radius 2 is 1.86 bits per heavy atom. The molecule has 2 aliphatic rings. The van der Waals surface area contributed by atoms with Crippen molar-refractivity contribution in [1.82, 2.24) is 0 Å². The summed E-state index contributed by atoms with van der Waals surface area (Å²) in [6.45, 7) is -0.482. The smallest absolute Gasteiger partial charge is 0.221 e. The van der Waals surface area contributed by atoms with Crippen LogP contribution >= 0.6 is 0 Å². The Balaban J connectivity index is 0.000000980. The minimum Gasteiger partial charge on any atom is -0.412 e. The Labute approximate surface area is 79.8 Å². The predicted octanol–water partition coefficient (Wildman–Crippen LogP) is -3.64. The molecule has 0 aliphatic carbocycles. The van der Waals surface area contributed by atoms with Crippen LogP contribution in [0.2, 0.25) is 0 Å². The first-order valence-corrected chi connectivity index (χ1v) is 4.07. The highest BCUT2D eigenvalue weighted by molar-refractivity contribution is 5.00.